The quantitative estimate of drug-likeness (QED) is 0.493. The number of aryl methyl sites for hydroxylation is 1. The second-order valence-corrected chi connectivity index (χ2v) is 9.15. The first-order chi connectivity index (χ1) is 15.4. The van der Waals surface area contributed by atoms with Crippen molar-refractivity contribution in [1.29, 1.82) is 0 Å². The van der Waals surface area contributed by atoms with Crippen molar-refractivity contribution in [2.75, 3.05) is 24.6 Å². The Balaban J connectivity index is 1.33. The van der Waals surface area contributed by atoms with Crippen molar-refractivity contribution in [2.24, 2.45) is 0 Å². The van der Waals surface area contributed by atoms with E-state index in [0.717, 1.165) is 18.4 Å². The van der Waals surface area contributed by atoms with E-state index in [4.69, 9.17) is 16.3 Å². The second-order valence-electron chi connectivity index (χ2n) is 8.81. The van der Waals surface area contributed by atoms with Gasteiger partial charge >= 0.3 is 0 Å². The number of hydrogen-bond donors (Lipinski definition) is 3. The van der Waals surface area contributed by atoms with Crippen LogP contribution in [-0.2, 0) is 16.6 Å². The Morgan fingerprint density at radius 3 is 2.78 bits per heavy atom. The Bertz CT molecular complexity index is 1220. The molecule has 3 aromatic rings. The van der Waals surface area contributed by atoms with E-state index in [9.17, 15) is 19.7 Å². The van der Waals surface area contributed by atoms with Gasteiger partial charge in [0.05, 0.1) is 12.9 Å². The molecule has 3 N–H and O–H groups in total. The number of aromatic nitrogens is 4. The molecule has 168 valence electrons. The molecular weight excluding hydrogens is 441 g/mol. The number of ether oxygens (including phenoxy) is 1. The molecule has 0 amide bonds. The molecule has 0 saturated carbocycles. The highest BCUT2D eigenvalue weighted by Crippen LogP contribution is 2.47. The Morgan fingerprint density at radius 1 is 1.22 bits per heavy atom. The van der Waals surface area contributed by atoms with Crippen molar-refractivity contribution in [3.05, 3.63) is 46.8 Å². The summed E-state index contributed by atoms with van der Waals surface area (Å²) < 4.78 is 20.7. The van der Waals surface area contributed by atoms with Crippen molar-refractivity contribution < 1.29 is 24.4 Å². The van der Waals surface area contributed by atoms with Crippen LogP contribution in [-0.4, -0.2) is 72.8 Å². The Hall–Kier alpha value is -2.37. The maximum atomic E-state index is 13.6. The summed E-state index contributed by atoms with van der Waals surface area (Å²) in [4.78, 5) is 15.2. The molecule has 1 spiro atoms. The van der Waals surface area contributed by atoms with E-state index in [2.05, 4.69) is 19.9 Å². The van der Waals surface area contributed by atoms with E-state index in [1.807, 2.05) is 6.07 Å². The molecule has 1 aromatic carbocycles. The van der Waals surface area contributed by atoms with Gasteiger partial charge in [-0.15, -0.1) is 0 Å². The van der Waals surface area contributed by atoms with Crippen LogP contribution >= 0.6 is 11.6 Å². The predicted molar refractivity (Wildman–Crippen MR) is 112 cm³/mol. The minimum absolute atomic E-state index is 0.0239. The maximum Gasteiger partial charge on any atom is 0.226 e. The van der Waals surface area contributed by atoms with E-state index < -0.39 is 31.1 Å². The molecule has 2 fully saturated rings. The van der Waals surface area contributed by atoms with E-state index in [0.29, 0.717) is 30.1 Å². The highest BCUT2D eigenvalue weighted by Gasteiger charge is 2.50. The topological polar surface area (TPSA) is 117 Å². The van der Waals surface area contributed by atoms with Gasteiger partial charge in [-0.3, -0.25) is 4.57 Å². The Kier molecular flexibility index (Phi) is 4.47. The first-order valence-corrected chi connectivity index (χ1v) is 10.8. The fraction of sp³-hybridized carbons (Fsp3) is 0.476. The number of aliphatic hydroxyl groups excluding tert-OH is 3. The van der Waals surface area contributed by atoms with Crippen molar-refractivity contribution in [3.8, 4) is 0 Å². The van der Waals surface area contributed by atoms with Crippen molar-refractivity contribution in [2.45, 2.75) is 42.8 Å². The number of imidazole rings is 1. The summed E-state index contributed by atoms with van der Waals surface area (Å²) in [6.07, 6.45) is -1.12. The normalized spacial score (nSPS) is 28.5. The fourth-order valence-corrected chi connectivity index (χ4v) is 5.51. The number of anilines is 1. The highest BCUT2D eigenvalue weighted by molar-refractivity contribution is 6.28. The zero-order chi connectivity index (χ0) is 22.2. The van der Waals surface area contributed by atoms with E-state index in [-0.39, 0.29) is 16.5 Å². The Morgan fingerprint density at radius 2 is 2.03 bits per heavy atom. The van der Waals surface area contributed by atoms with E-state index in [1.165, 1.54) is 22.5 Å². The van der Waals surface area contributed by atoms with Crippen molar-refractivity contribution in [3.63, 3.8) is 0 Å². The third-order valence-corrected chi connectivity index (χ3v) is 7.13. The van der Waals surface area contributed by atoms with Gasteiger partial charge in [-0.2, -0.15) is 9.97 Å². The van der Waals surface area contributed by atoms with Crippen LogP contribution in [0.1, 0.15) is 23.8 Å². The minimum Gasteiger partial charge on any atom is -0.394 e. The fourth-order valence-electron chi connectivity index (χ4n) is 5.35. The Labute approximate surface area is 187 Å². The molecule has 2 saturated heterocycles. The highest BCUT2D eigenvalue weighted by atomic mass is 35.5. The monoisotopic (exact) mass is 461 g/mol. The van der Waals surface area contributed by atoms with Crippen LogP contribution in [0.25, 0.3) is 11.2 Å². The third kappa shape index (κ3) is 2.80. The lowest BCUT2D eigenvalue weighted by molar-refractivity contribution is -0.0511. The first-order valence-electron chi connectivity index (χ1n) is 10.5. The predicted octanol–water partition coefficient (Wildman–Crippen LogP) is 0.934. The largest absolute Gasteiger partial charge is 0.394 e. The average molecular weight is 462 g/mol. The standard InChI is InChI=1S/C21H21ClFN5O4/c22-20-25-17(27-7-21(8-27)4-3-10-5-11(23)1-2-12(10)21)14-18(26-20)28(9-24-14)19-16(31)15(30)13(6-29)32-19/h1-2,5,9,13,15-16,19,29-31H,3-4,6-8H2/t13-,15?,16?,19-/m1/s1. The summed E-state index contributed by atoms with van der Waals surface area (Å²) in [5.41, 5.74) is 3.07. The van der Waals surface area contributed by atoms with Crippen LogP contribution < -0.4 is 4.90 Å². The molecule has 3 aliphatic rings. The minimum atomic E-state index is -1.26. The zero-order valence-corrected chi connectivity index (χ0v) is 17.7. The molecule has 1 aliphatic carbocycles. The summed E-state index contributed by atoms with van der Waals surface area (Å²) in [6, 6.07) is 5.01. The van der Waals surface area contributed by atoms with E-state index >= 15 is 0 Å². The van der Waals surface area contributed by atoms with Crippen LogP contribution in [0.15, 0.2) is 24.5 Å². The lowest BCUT2D eigenvalue weighted by atomic mass is 9.75. The summed E-state index contributed by atoms with van der Waals surface area (Å²) in [5.74, 6) is 0.364. The van der Waals surface area contributed by atoms with Gasteiger partial charge in [-0.1, -0.05) is 6.07 Å². The number of benzene rings is 1. The average Bonchev–Trinajstić information content (AvgIpc) is 3.41. The lowest BCUT2D eigenvalue weighted by Crippen LogP contribution is -2.58. The molecule has 9 nitrogen and oxygen atoms in total. The smallest absolute Gasteiger partial charge is 0.226 e. The van der Waals surface area contributed by atoms with Gasteiger partial charge in [0, 0.05) is 18.5 Å². The molecule has 32 heavy (non-hydrogen) atoms. The molecule has 0 bridgehead atoms. The maximum absolute atomic E-state index is 13.6. The molecule has 4 atom stereocenters. The molecule has 0 radical (unpaired) electrons. The van der Waals surface area contributed by atoms with Crippen LogP contribution in [0, 0.1) is 5.82 Å². The molecule has 2 unspecified atom stereocenters. The van der Waals surface area contributed by atoms with Gasteiger partial charge in [0.25, 0.3) is 0 Å². The van der Waals surface area contributed by atoms with Gasteiger partial charge in [0.15, 0.2) is 23.2 Å². The number of fused-ring (bicyclic) bond motifs is 3. The number of hydrogen-bond acceptors (Lipinski definition) is 8. The van der Waals surface area contributed by atoms with Crippen LogP contribution in [0.5, 0.6) is 0 Å². The molecule has 2 aromatic heterocycles. The lowest BCUT2D eigenvalue weighted by Gasteiger charge is -2.49. The molecule has 6 rings (SSSR count). The molecular formula is C21H21ClFN5O4. The SMILES string of the molecule is OC[C@H]1O[C@@H](n2cnc3c(N4CC5(CCc6cc(F)ccc65)C4)nc(Cl)nc32)C(O)C1O. The number of rotatable bonds is 3. The molecule has 4 heterocycles. The summed E-state index contributed by atoms with van der Waals surface area (Å²) in [6.45, 7) is 0.979. The number of halogens is 2. The van der Waals surface area contributed by atoms with E-state index in [1.54, 1.807) is 6.07 Å². The number of aliphatic hydroxyl groups is 3. The second kappa shape index (κ2) is 7.06. The zero-order valence-electron chi connectivity index (χ0n) is 16.9. The first kappa shape index (κ1) is 20.3. The van der Waals surface area contributed by atoms with Gasteiger partial charge in [-0.25, -0.2) is 9.37 Å². The third-order valence-electron chi connectivity index (χ3n) is 6.97. The van der Waals surface area contributed by atoms with Crippen molar-refractivity contribution in [1.82, 2.24) is 19.5 Å². The van der Waals surface area contributed by atoms with Gasteiger partial charge in [-0.05, 0) is 47.7 Å². The van der Waals surface area contributed by atoms with Gasteiger partial charge < -0.3 is 25.0 Å². The summed E-state index contributed by atoms with van der Waals surface area (Å²) in [5, 5.41) is 29.9. The van der Waals surface area contributed by atoms with Gasteiger partial charge in [0.1, 0.15) is 24.1 Å². The van der Waals surface area contributed by atoms with Crippen molar-refractivity contribution >= 4 is 28.6 Å². The van der Waals surface area contributed by atoms with Crippen LogP contribution in [0.2, 0.25) is 5.28 Å². The number of nitrogens with zero attached hydrogens (tertiary/aromatic N) is 5. The van der Waals surface area contributed by atoms with Crippen LogP contribution in [0.3, 0.4) is 0 Å². The van der Waals surface area contributed by atoms with Gasteiger partial charge in [0.2, 0.25) is 5.28 Å². The summed E-state index contributed by atoms with van der Waals surface area (Å²) in [7, 11) is 0. The molecule has 11 heteroatoms. The molecule has 2 aliphatic heterocycles. The van der Waals surface area contributed by atoms with Crippen LogP contribution in [0.4, 0.5) is 10.2 Å². The summed E-state index contributed by atoms with van der Waals surface area (Å²) >= 11 is 6.23.